The zero-order valence-corrected chi connectivity index (χ0v) is 34.2. The minimum absolute atomic E-state index is 0.0529. The molecule has 2 aromatic carbocycles. The van der Waals surface area contributed by atoms with E-state index in [-0.39, 0.29) is 66.5 Å². The first-order chi connectivity index (χ1) is 28.6. The SMILES string of the molecule is CCCCCCCC(=O)NCCC(=O)N[C@@H](CCCCN)C(=O)N(C)[C@@H]1C(=O)N[C@@H](N)C(=O)N[C@H](C(=O)N[C@@H](N)C(=O)C2CO2)Cc2ccc(O)c(c2)-c2cc1ccc2O. The molecule has 0 radical (unpaired) electrons. The predicted molar refractivity (Wildman–Crippen MR) is 219 cm³/mol. The van der Waals surface area contributed by atoms with E-state index in [0.717, 1.165) is 37.0 Å². The van der Waals surface area contributed by atoms with Crippen LogP contribution in [0.5, 0.6) is 11.5 Å². The number of fused-ring (bicyclic) bond motifs is 5. The number of amides is 6. The summed E-state index contributed by atoms with van der Waals surface area (Å²) in [6, 6.07) is 4.26. The minimum atomic E-state index is -1.77. The Morgan fingerprint density at radius 3 is 2.25 bits per heavy atom. The number of carbonyl (C=O) groups excluding carboxylic acids is 7. The highest BCUT2D eigenvalue weighted by molar-refractivity contribution is 5.98. The number of carbonyl (C=O) groups is 7. The molecule has 0 spiro atoms. The smallest absolute Gasteiger partial charge is 0.258 e. The van der Waals surface area contributed by atoms with Crippen LogP contribution in [-0.2, 0) is 44.7 Å². The standard InChI is InChI=1S/C41H59N9O10/c1-3-4-5-6-7-11-32(53)45-18-16-33(54)46-27(10-8-9-17-42)41(59)50(2)34-24-13-15-30(52)26(21-24)25-19-23(12-14-29(25)51)20-28(47-40(58)37(44)49-39(34)57)38(56)48-36(43)35(55)31-22-60-31/h12-15,19,21,27-28,31,34,36-37,51-52H,3-11,16-18,20,22,42-44H2,1-2H3,(H,45,53)(H,46,54)(H,47,58)(H,48,56)(H,49,57)/t27-,28-,31?,34-,36+,37+/m0/s1. The molecule has 6 amide bonds. The number of aromatic hydroxyl groups is 2. The topological polar surface area (TPSA) is 314 Å². The average molecular weight is 838 g/mol. The summed E-state index contributed by atoms with van der Waals surface area (Å²) in [6.07, 6.45) is 2.13. The van der Waals surface area contributed by atoms with Crippen LogP contribution in [0.25, 0.3) is 11.1 Å². The number of nitrogens with zero attached hydrogens (tertiary/aromatic N) is 1. The van der Waals surface area contributed by atoms with E-state index in [0.29, 0.717) is 31.4 Å². The number of likely N-dealkylation sites (N-methyl/N-ethyl adjacent to an activating group) is 1. The quantitative estimate of drug-likeness (QED) is 0.0460. The average Bonchev–Trinajstić information content (AvgIpc) is 4.06. The maximum Gasteiger partial charge on any atom is 0.258 e. The number of ketones is 1. The maximum atomic E-state index is 14.3. The number of nitrogens with one attached hydrogen (secondary N) is 5. The Morgan fingerprint density at radius 1 is 0.883 bits per heavy atom. The Hall–Kier alpha value is -5.63. The third-order valence-corrected chi connectivity index (χ3v) is 10.3. The van der Waals surface area contributed by atoms with Crippen LogP contribution in [0.2, 0.25) is 0 Å². The predicted octanol–water partition coefficient (Wildman–Crippen LogP) is -0.444. The van der Waals surface area contributed by atoms with Gasteiger partial charge in [-0.05, 0) is 67.6 Å². The van der Waals surface area contributed by atoms with Crippen molar-refractivity contribution in [1.29, 1.82) is 0 Å². The van der Waals surface area contributed by atoms with Crippen LogP contribution in [0.3, 0.4) is 0 Å². The van der Waals surface area contributed by atoms with E-state index >= 15 is 0 Å². The maximum absolute atomic E-state index is 14.3. The van der Waals surface area contributed by atoms with Gasteiger partial charge in [-0.1, -0.05) is 44.7 Å². The normalized spacial score (nSPS) is 19.7. The number of epoxide rings is 1. The summed E-state index contributed by atoms with van der Waals surface area (Å²) in [6.45, 7) is 2.65. The van der Waals surface area contributed by atoms with Crippen molar-refractivity contribution in [2.75, 3.05) is 26.7 Å². The number of unbranched alkanes of at least 4 members (excludes halogenated alkanes) is 5. The lowest BCUT2D eigenvalue weighted by Gasteiger charge is -2.32. The summed E-state index contributed by atoms with van der Waals surface area (Å²) in [5.41, 5.74) is 18.5. The molecule has 1 fully saturated rings. The molecule has 13 N–H and O–H groups in total. The molecule has 1 unspecified atom stereocenters. The largest absolute Gasteiger partial charge is 0.507 e. The number of hydrogen-bond acceptors (Lipinski definition) is 13. The molecule has 328 valence electrons. The second-order valence-corrected chi connectivity index (χ2v) is 15.1. The fourth-order valence-corrected chi connectivity index (χ4v) is 6.84. The Bertz CT molecular complexity index is 1870. The van der Waals surface area contributed by atoms with Crippen LogP contribution >= 0.6 is 0 Å². The van der Waals surface area contributed by atoms with Crippen LogP contribution in [0.15, 0.2) is 36.4 Å². The third kappa shape index (κ3) is 13.4. The van der Waals surface area contributed by atoms with E-state index in [9.17, 15) is 43.8 Å². The first-order valence-electron chi connectivity index (χ1n) is 20.4. The van der Waals surface area contributed by atoms with Crippen LogP contribution < -0.4 is 43.8 Å². The van der Waals surface area contributed by atoms with Crippen molar-refractivity contribution in [3.05, 3.63) is 47.5 Å². The fraction of sp³-hybridized carbons (Fsp3) is 0.537. The van der Waals surface area contributed by atoms with Crippen molar-refractivity contribution >= 4 is 41.2 Å². The van der Waals surface area contributed by atoms with E-state index in [4.69, 9.17) is 21.9 Å². The Kier molecular flexibility index (Phi) is 17.8. The molecule has 2 aliphatic heterocycles. The first kappa shape index (κ1) is 47.1. The van der Waals surface area contributed by atoms with Crippen molar-refractivity contribution in [3.63, 3.8) is 0 Å². The van der Waals surface area contributed by atoms with Gasteiger partial charge >= 0.3 is 0 Å². The lowest BCUT2D eigenvalue weighted by atomic mass is 9.93. The molecule has 4 rings (SSSR count). The highest BCUT2D eigenvalue weighted by Crippen LogP contribution is 2.39. The number of hydrogen-bond donors (Lipinski definition) is 10. The highest BCUT2D eigenvalue weighted by Gasteiger charge is 2.38. The molecule has 2 aliphatic rings. The minimum Gasteiger partial charge on any atom is -0.507 e. The second kappa shape index (κ2) is 22.7. The first-order valence-corrected chi connectivity index (χ1v) is 20.4. The fourth-order valence-electron chi connectivity index (χ4n) is 6.84. The van der Waals surface area contributed by atoms with E-state index < -0.39 is 71.9 Å². The van der Waals surface area contributed by atoms with Gasteiger partial charge in [0.2, 0.25) is 35.3 Å². The molecule has 19 heteroatoms. The number of rotatable bonds is 20. The summed E-state index contributed by atoms with van der Waals surface area (Å²) in [4.78, 5) is 94.4. The summed E-state index contributed by atoms with van der Waals surface area (Å²) in [5.74, 6) is -5.32. The van der Waals surface area contributed by atoms with Gasteiger partial charge in [-0.3, -0.25) is 33.6 Å². The number of benzene rings is 2. The Morgan fingerprint density at radius 2 is 1.57 bits per heavy atom. The summed E-state index contributed by atoms with van der Waals surface area (Å²) in [7, 11) is 1.33. The summed E-state index contributed by atoms with van der Waals surface area (Å²) < 4.78 is 4.96. The van der Waals surface area contributed by atoms with Crippen LogP contribution in [0, 0.1) is 0 Å². The van der Waals surface area contributed by atoms with Crippen molar-refractivity contribution < 1.29 is 48.5 Å². The van der Waals surface area contributed by atoms with Gasteiger partial charge in [0.15, 0.2) is 6.17 Å². The molecule has 19 nitrogen and oxygen atoms in total. The lowest BCUT2D eigenvalue weighted by molar-refractivity contribution is -0.143. The Balaban J connectivity index is 1.61. The van der Waals surface area contributed by atoms with Crippen LogP contribution in [0.4, 0.5) is 0 Å². The Labute approximate surface area is 348 Å². The lowest BCUT2D eigenvalue weighted by Crippen LogP contribution is -2.61. The van der Waals surface area contributed by atoms with Crippen LogP contribution in [-0.4, -0.2) is 114 Å². The molecule has 1 saturated heterocycles. The highest BCUT2D eigenvalue weighted by atomic mass is 16.6. The van der Waals surface area contributed by atoms with Crippen molar-refractivity contribution in [3.8, 4) is 22.6 Å². The molecular weight excluding hydrogens is 779 g/mol. The zero-order chi connectivity index (χ0) is 43.9. The second-order valence-electron chi connectivity index (χ2n) is 15.1. The van der Waals surface area contributed by atoms with Gasteiger partial charge in [-0.15, -0.1) is 0 Å². The molecular formula is C41H59N9O10. The monoisotopic (exact) mass is 837 g/mol. The number of phenolic OH excluding ortho intramolecular Hbond substituents is 2. The zero-order valence-electron chi connectivity index (χ0n) is 34.2. The molecule has 0 saturated carbocycles. The van der Waals surface area contributed by atoms with Gasteiger partial charge < -0.3 is 63.6 Å². The van der Waals surface area contributed by atoms with Crippen molar-refractivity contribution in [1.82, 2.24) is 31.5 Å². The van der Waals surface area contributed by atoms with E-state index in [2.05, 4.69) is 33.5 Å². The molecule has 60 heavy (non-hydrogen) atoms. The van der Waals surface area contributed by atoms with Gasteiger partial charge in [-0.25, -0.2) is 0 Å². The van der Waals surface area contributed by atoms with Crippen molar-refractivity contribution in [2.24, 2.45) is 17.2 Å². The molecule has 4 bridgehead atoms. The van der Waals surface area contributed by atoms with Gasteiger partial charge in [0, 0.05) is 44.0 Å². The molecule has 2 heterocycles. The molecule has 0 aliphatic carbocycles. The van der Waals surface area contributed by atoms with Gasteiger partial charge in [-0.2, -0.15) is 0 Å². The van der Waals surface area contributed by atoms with E-state index in [1.807, 2.05) is 0 Å². The van der Waals surface area contributed by atoms with E-state index in [1.165, 1.54) is 43.4 Å². The van der Waals surface area contributed by atoms with Gasteiger partial charge in [0.25, 0.3) is 5.91 Å². The summed E-state index contributed by atoms with van der Waals surface area (Å²) in [5, 5.41) is 34.7. The van der Waals surface area contributed by atoms with E-state index in [1.54, 1.807) is 0 Å². The number of phenols is 2. The summed E-state index contributed by atoms with van der Waals surface area (Å²) >= 11 is 0. The number of ether oxygens (including phenoxy) is 1. The van der Waals surface area contributed by atoms with Gasteiger partial charge in [0.1, 0.15) is 41.9 Å². The number of Topliss-reactive ketones (excluding diaryl/α,β-unsaturated/α-hetero) is 1. The molecule has 2 aromatic rings. The molecule has 0 aromatic heterocycles. The molecule has 6 atom stereocenters. The number of nitrogens with two attached hydrogens (primary N) is 3. The third-order valence-electron chi connectivity index (χ3n) is 10.3. The van der Waals surface area contributed by atoms with Crippen molar-refractivity contribution in [2.45, 2.75) is 114 Å². The van der Waals surface area contributed by atoms with Gasteiger partial charge in [0.05, 0.1) is 6.61 Å². The van der Waals surface area contributed by atoms with Crippen LogP contribution in [0.1, 0.15) is 88.3 Å².